The summed E-state index contributed by atoms with van der Waals surface area (Å²) in [5.74, 6) is 1.18. The average molecular weight is 330 g/mol. The van der Waals surface area contributed by atoms with Crippen LogP contribution in [0.15, 0.2) is 18.3 Å². The Balaban J connectivity index is 2.12. The number of aromatic nitrogens is 2. The van der Waals surface area contributed by atoms with E-state index in [0.29, 0.717) is 41.0 Å². The molecule has 1 aliphatic rings. The molecule has 1 aliphatic heterocycles. The van der Waals surface area contributed by atoms with Crippen LogP contribution in [-0.2, 0) is 0 Å². The van der Waals surface area contributed by atoms with Crippen LogP contribution in [-0.4, -0.2) is 49.1 Å². The minimum absolute atomic E-state index is 0.0959. The van der Waals surface area contributed by atoms with Crippen molar-refractivity contribution in [1.82, 2.24) is 9.61 Å². The number of anilines is 1. The maximum Gasteiger partial charge on any atom is 0.163 e. The van der Waals surface area contributed by atoms with Crippen molar-refractivity contribution in [2.24, 2.45) is 0 Å². The second kappa shape index (κ2) is 5.17. The Morgan fingerprint density at radius 2 is 2.05 bits per heavy atom. The predicted octanol–water partition coefficient (Wildman–Crippen LogP) is 2.76. The van der Waals surface area contributed by atoms with Crippen molar-refractivity contribution in [2.75, 3.05) is 29.5 Å². The average Bonchev–Trinajstić information content (AvgIpc) is 2.89. The van der Waals surface area contributed by atoms with Gasteiger partial charge in [-0.1, -0.05) is 11.6 Å². The van der Waals surface area contributed by atoms with Gasteiger partial charge in [-0.3, -0.25) is 13.9 Å². The summed E-state index contributed by atoms with van der Waals surface area (Å²) < 4.78 is 21.1. The van der Waals surface area contributed by atoms with Gasteiger partial charge in [0.1, 0.15) is 5.82 Å². The van der Waals surface area contributed by atoms with Crippen LogP contribution in [0.1, 0.15) is 17.3 Å². The molecule has 0 aromatic carbocycles. The third kappa shape index (κ3) is 2.62. The summed E-state index contributed by atoms with van der Waals surface area (Å²) in [6.07, 6.45) is 1.63. The third-order valence-electron chi connectivity index (χ3n) is 3.66. The number of carbonyl (C=O) groups excluding carboxylic acids is 1. The molecule has 114 valence electrons. The first-order chi connectivity index (χ1) is 9.89. The first kappa shape index (κ1) is 14.6. The minimum Gasteiger partial charge on any atom is -0.353 e. The molecule has 2 aromatic heterocycles. The Bertz CT molecular complexity index is 706. The molecule has 1 saturated heterocycles. The number of Topliss-reactive ketones (excluding diaryl/α,β-unsaturated/α-hetero) is 1. The molecular weight excluding hydrogens is 314 g/mol. The SMILES string of the molecule is CC(=O)c1cc(Cl)c2ccnn2c1N1CCS(O)(O)CC1. The quantitative estimate of drug-likeness (QED) is 0.828. The molecule has 0 unspecified atom stereocenters. The third-order valence-corrected chi connectivity index (χ3v) is 5.63. The smallest absolute Gasteiger partial charge is 0.163 e. The Hall–Kier alpha value is -1.28. The molecule has 0 saturated carbocycles. The van der Waals surface area contributed by atoms with Crippen molar-refractivity contribution >= 4 is 39.3 Å². The van der Waals surface area contributed by atoms with E-state index in [1.165, 1.54) is 6.92 Å². The number of carbonyl (C=O) groups is 1. The fourth-order valence-electron chi connectivity index (χ4n) is 2.53. The number of hydrogen-bond donors (Lipinski definition) is 2. The van der Waals surface area contributed by atoms with Crippen LogP contribution in [0.5, 0.6) is 0 Å². The van der Waals surface area contributed by atoms with Crippen molar-refractivity contribution in [1.29, 1.82) is 0 Å². The van der Waals surface area contributed by atoms with Crippen LogP contribution in [0.2, 0.25) is 5.02 Å². The molecule has 2 aromatic rings. The van der Waals surface area contributed by atoms with Crippen LogP contribution in [0.25, 0.3) is 5.52 Å². The summed E-state index contributed by atoms with van der Waals surface area (Å²) in [5, 5.41) is 4.73. The number of nitrogens with zero attached hydrogens (tertiary/aromatic N) is 3. The van der Waals surface area contributed by atoms with E-state index in [-0.39, 0.29) is 5.78 Å². The topological polar surface area (TPSA) is 78.1 Å². The highest BCUT2D eigenvalue weighted by molar-refractivity contribution is 8.24. The fraction of sp³-hybridized carbons (Fsp3) is 0.385. The van der Waals surface area contributed by atoms with Gasteiger partial charge >= 0.3 is 0 Å². The van der Waals surface area contributed by atoms with Gasteiger partial charge in [0.15, 0.2) is 5.78 Å². The molecule has 8 heteroatoms. The number of pyridine rings is 1. The zero-order valence-electron chi connectivity index (χ0n) is 11.5. The van der Waals surface area contributed by atoms with E-state index in [4.69, 9.17) is 11.6 Å². The standard InChI is InChI=1S/C13H16ClN3O3S/c1-9(18)10-8-11(14)12-2-3-15-17(12)13(10)16-4-6-21(19,20)7-5-16/h2-3,8,19-20H,4-7H2,1H3. The zero-order valence-corrected chi connectivity index (χ0v) is 13.1. The first-order valence-corrected chi connectivity index (χ1v) is 8.81. The number of ketones is 1. The number of rotatable bonds is 2. The Kier molecular flexibility index (Phi) is 3.61. The molecule has 3 rings (SSSR count). The van der Waals surface area contributed by atoms with Crippen molar-refractivity contribution < 1.29 is 13.9 Å². The summed E-state index contributed by atoms with van der Waals surface area (Å²) in [5.41, 5.74) is 1.23. The van der Waals surface area contributed by atoms with E-state index in [2.05, 4.69) is 5.10 Å². The first-order valence-electron chi connectivity index (χ1n) is 6.55. The van der Waals surface area contributed by atoms with Crippen LogP contribution in [0, 0.1) is 0 Å². The molecule has 0 aliphatic carbocycles. The van der Waals surface area contributed by atoms with Crippen molar-refractivity contribution in [3.05, 3.63) is 28.9 Å². The molecule has 0 amide bonds. The summed E-state index contributed by atoms with van der Waals surface area (Å²) in [6, 6.07) is 3.44. The maximum absolute atomic E-state index is 11.9. The lowest BCUT2D eigenvalue weighted by atomic mass is 10.1. The maximum atomic E-state index is 11.9. The van der Waals surface area contributed by atoms with Crippen LogP contribution in [0.4, 0.5) is 5.82 Å². The Morgan fingerprint density at radius 1 is 1.38 bits per heavy atom. The van der Waals surface area contributed by atoms with E-state index in [1.54, 1.807) is 22.8 Å². The summed E-state index contributed by atoms with van der Waals surface area (Å²) in [4.78, 5) is 13.9. The molecule has 0 spiro atoms. The van der Waals surface area contributed by atoms with Gasteiger partial charge < -0.3 is 4.90 Å². The highest BCUT2D eigenvalue weighted by atomic mass is 35.5. The van der Waals surface area contributed by atoms with Gasteiger partial charge in [-0.15, -0.1) is 0 Å². The molecule has 0 radical (unpaired) electrons. The lowest BCUT2D eigenvalue weighted by molar-refractivity contribution is 0.101. The summed E-state index contributed by atoms with van der Waals surface area (Å²) in [7, 11) is -2.49. The summed E-state index contributed by atoms with van der Waals surface area (Å²) >= 11 is 6.20. The molecule has 6 nitrogen and oxygen atoms in total. The second-order valence-corrected chi connectivity index (χ2v) is 7.94. The minimum atomic E-state index is -2.49. The molecule has 21 heavy (non-hydrogen) atoms. The van der Waals surface area contributed by atoms with Gasteiger partial charge in [0, 0.05) is 13.1 Å². The lowest BCUT2D eigenvalue weighted by Crippen LogP contribution is -2.40. The number of fused-ring (bicyclic) bond motifs is 1. The second-order valence-electron chi connectivity index (χ2n) is 5.11. The van der Waals surface area contributed by atoms with Crippen molar-refractivity contribution in [3.63, 3.8) is 0 Å². The van der Waals surface area contributed by atoms with E-state index in [1.807, 2.05) is 4.90 Å². The largest absolute Gasteiger partial charge is 0.353 e. The molecule has 1 fully saturated rings. The van der Waals surface area contributed by atoms with Gasteiger partial charge in [0.05, 0.1) is 33.8 Å². The van der Waals surface area contributed by atoms with Gasteiger partial charge in [0.2, 0.25) is 0 Å². The normalized spacial score (nSPS) is 19.7. The van der Waals surface area contributed by atoms with Crippen LogP contribution < -0.4 is 4.90 Å². The molecule has 0 atom stereocenters. The van der Waals surface area contributed by atoms with E-state index in [0.717, 1.165) is 5.52 Å². The summed E-state index contributed by atoms with van der Waals surface area (Å²) in [6.45, 7) is 2.43. The van der Waals surface area contributed by atoms with Crippen molar-refractivity contribution in [2.45, 2.75) is 6.92 Å². The van der Waals surface area contributed by atoms with Crippen LogP contribution >= 0.6 is 22.2 Å². The lowest BCUT2D eigenvalue weighted by Gasteiger charge is -2.42. The Morgan fingerprint density at radius 3 is 2.67 bits per heavy atom. The Labute approximate surface area is 128 Å². The van der Waals surface area contributed by atoms with Crippen LogP contribution in [0.3, 0.4) is 0 Å². The fourth-order valence-corrected chi connectivity index (χ4v) is 4.02. The zero-order chi connectivity index (χ0) is 15.2. The van der Waals surface area contributed by atoms with Crippen molar-refractivity contribution in [3.8, 4) is 0 Å². The van der Waals surface area contributed by atoms with Gasteiger partial charge in [0.25, 0.3) is 0 Å². The molecule has 3 heterocycles. The molecule has 2 N–H and O–H groups in total. The molecule has 0 bridgehead atoms. The van der Waals surface area contributed by atoms with E-state index in [9.17, 15) is 13.9 Å². The predicted molar refractivity (Wildman–Crippen MR) is 85.0 cm³/mol. The number of halogens is 1. The van der Waals surface area contributed by atoms with Gasteiger partial charge in [-0.25, -0.2) is 4.52 Å². The van der Waals surface area contributed by atoms with Gasteiger partial charge in [-0.2, -0.15) is 15.7 Å². The van der Waals surface area contributed by atoms with E-state index >= 15 is 0 Å². The monoisotopic (exact) mass is 329 g/mol. The van der Waals surface area contributed by atoms with Gasteiger partial charge in [-0.05, 0) is 19.1 Å². The highest BCUT2D eigenvalue weighted by Gasteiger charge is 2.27. The molecular formula is C13H16ClN3O3S. The highest BCUT2D eigenvalue weighted by Crippen LogP contribution is 2.42. The number of hydrogen-bond acceptors (Lipinski definition) is 5. The van der Waals surface area contributed by atoms with E-state index < -0.39 is 10.6 Å².